The number of hydrogen-bond acceptors (Lipinski definition) is 4. The SMILES string of the molecule is Cc1nn(C)c2c1nc(CCl)n2C1CCCS(=O)(=O)C1. The molecule has 3 heterocycles. The molecule has 3 rings (SSSR count). The molecule has 110 valence electrons. The Balaban J connectivity index is 2.19. The Morgan fingerprint density at radius 1 is 1.45 bits per heavy atom. The van der Waals surface area contributed by atoms with E-state index in [1.54, 1.807) is 4.68 Å². The average Bonchev–Trinajstić information content (AvgIpc) is 2.87. The molecule has 1 fully saturated rings. The van der Waals surface area contributed by atoms with Crippen molar-refractivity contribution in [1.29, 1.82) is 0 Å². The molecule has 1 aliphatic heterocycles. The highest BCUT2D eigenvalue weighted by Gasteiger charge is 2.30. The molecule has 0 bridgehead atoms. The minimum Gasteiger partial charge on any atom is -0.308 e. The zero-order valence-corrected chi connectivity index (χ0v) is 13.1. The predicted molar refractivity (Wildman–Crippen MR) is 77.7 cm³/mol. The first-order chi connectivity index (χ1) is 9.43. The highest BCUT2D eigenvalue weighted by Crippen LogP contribution is 2.30. The van der Waals surface area contributed by atoms with Gasteiger partial charge < -0.3 is 4.57 Å². The highest BCUT2D eigenvalue weighted by atomic mass is 35.5. The Kier molecular flexibility index (Phi) is 3.29. The molecule has 8 heteroatoms. The van der Waals surface area contributed by atoms with Gasteiger partial charge in [0.2, 0.25) is 0 Å². The number of aryl methyl sites for hydroxylation is 2. The van der Waals surface area contributed by atoms with Crippen molar-refractivity contribution in [3.63, 3.8) is 0 Å². The molecule has 1 atom stereocenters. The van der Waals surface area contributed by atoms with Crippen molar-refractivity contribution in [2.24, 2.45) is 7.05 Å². The van der Waals surface area contributed by atoms with Gasteiger partial charge in [0.05, 0.1) is 29.1 Å². The van der Waals surface area contributed by atoms with Crippen molar-refractivity contribution in [2.45, 2.75) is 31.7 Å². The maximum atomic E-state index is 11.9. The topological polar surface area (TPSA) is 69.8 Å². The van der Waals surface area contributed by atoms with E-state index in [1.807, 2.05) is 18.5 Å². The van der Waals surface area contributed by atoms with Gasteiger partial charge in [-0.15, -0.1) is 11.6 Å². The van der Waals surface area contributed by atoms with Crippen LogP contribution in [0.2, 0.25) is 0 Å². The zero-order chi connectivity index (χ0) is 14.5. The Morgan fingerprint density at radius 2 is 2.20 bits per heavy atom. The van der Waals surface area contributed by atoms with Crippen LogP contribution < -0.4 is 0 Å². The second-order valence-electron chi connectivity index (χ2n) is 5.32. The van der Waals surface area contributed by atoms with E-state index in [4.69, 9.17) is 11.6 Å². The monoisotopic (exact) mass is 316 g/mol. The van der Waals surface area contributed by atoms with E-state index < -0.39 is 9.84 Å². The Morgan fingerprint density at radius 3 is 2.85 bits per heavy atom. The van der Waals surface area contributed by atoms with Crippen LogP contribution in [0.1, 0.15) is 30.4 Å². The van der Waals surface area contributed by atoms with Gasteiger partial charge in [0, 0.05) is 7.05 Å². The molecular weight excluding hydrogens is 300 g/mol. The van der Waals surface area contributed by atoms with Crippen LogP contribution in [0.5, 0.6) is 0 Å². The van der Waals surface area contributed by atoms with Crippen molar-refractivity contribution in [1.82, 2.24) is 19.3 Å². The van der Waals surface area contributed by atoms with E-state index in [2.05, 4.69) is 10.1 Å². The molecule has 0 N–H and O–H groups in total. The van der Waals surface area contributed by atoms with Crippen molar-refractivity contribution in [3.05, 3.63) is 11.5 Å². The molecule has 6 nitrogen and oxygen atoms in total. The molecule has 0 saturated carbocycles. The molecule has 1 unspecified atom stereocenters. The van der Waals surface area contributed by atoms with E-state index >= 15 is 0 Å². The van der Waals surface area contributed by atoms with E-state index in [-0.39, 0.29) is 23.4 Å². The van der Waals surface area contributed by atoms with Gasteiger partial charge in [-0.2, -0.15) is 5.10 Å². The second-order valence-corrected chi connectivity index (χ2v) is 7.82. The van der Waals surface area contributed by atoms with Crippen LogP contribution >= 0.6 is 11.6 Å². The number of imidazole rings is 1. The van der Waals surface area contributed by atoms with E-state index in [0.29, 0.717) is 6.42 Å². The molecule has 1 aliphatic rings. The number of alkyl halides is 1. The third kappa shape index (κ3) is 2.13. The minimum absolute atomic E-state index is 0.0951. The van der Waals surface area contributed by atoms with Gasteiger partial charge in [-0.25, -0.2) is 13.4 Å². The normalized spacial score (nSPS) is 22.4. The van der Waals surface area contributed by atoms with Crippen LogP contribution in [0.15, 0.2) is 0 Å². The van der Waals surface area contributed by atoms with Gasteiger partial charge in [0.1, 0.15) is 11.3 Å². The van der Waals surface area contributed by atoms with Crippen LogP contribution in [0.4, 0.5) is 0 Å². The lowest BCUT2D eigenvalue weighted by atomic mass is 10.2. The smallest absolute Gasteiger partial charge is 0.158 e. The largest absolute Gasteiger partial charge is 0.308 e. The van der Waals surface area contributed by atoms with Gasteiger partial charge in [-0.05, 0) is 19.8 Å². The summed E-state index contributed by atoms with van der Waals surface area (Å²) in [6, 6.07) is -0.0951. The lowest BCUT2D eigenvalue weighted by Crippen LogP contribution is -2.28. The van der Waals surface area contributed by atoms with Crippen LogP contribution in [0.25, 0.3) is 11.2 Å². The molecule has 20 heavy (non-hydrogen) atoms. The zero-order valence-electron chi connectivity index (χ0n) is 11.5. The fraction of sp³-hybridized carbons (Fsp3) is 0.667. The second kappa shape index (κ2) is 4.73. The van der Waals surface area contributed by atoms with Gasteiger partial charge >= 0.3 is 0 Å². The van der Waals surface area contributed by atoms with E-state index in [9.17, 15) is 8.42 Å². The van der Waals surface area contributed by atoms with Crippen LogP contribution in [-0.2, 0) is 22.8 Å². The van der Waals surface area contributed by atoms with Crippen molar-refractivity contribution in [2.75, 3.05) is 11.5 Å². The summed E-state index contributed by atoms with van der Waals surface area (Å²) in [5, 5.41) is 4.36. The summed E-state index contributed by atoms with van der Waals surface area (Å²) in [6.07, 6.45) is 1.52. The van der Waals surface area contributed by atoms with Crippen molar-refractivity contribution < 1.29 is 8.42 Å². The maximum absolute atomic E-state index is 11.9. The van der Waals surface area contributed by atoms with Gasteiger partial charge in [-0.1, -0.05) is 0 Å². The third-order valence-electron chi connectivity index (χ3n) is 3.83. The molecule has 2 aromatic rings. The molecule has 0 aromatic carbocycles. The fourth-order valence-corrected chi connectivity index (χ4v) is 4.88. The molecular formula is C12H17ClN4O2S. The number of aromatic nitrogens is 4. The summed E-state index contributed by atoms with van der Waals surface area (Å²) in [5.74, 6) is 1.43. The number of rotatable bonds is 2. The van der Waals surface area contributed by atoms with Gasteiger partial charge in [0.25, 0.3) is 0 Å². The third-order valence-corrected chi connectivity index (χ3v) is 5.87. The number of nitrogens with zero attached hydrogens (tertiary/aromatic N) is 4. The number of fused-ring (bicyclic) bond motifs is 1. The predicted octanol–water partition coefficient (Wildman–Crippen LogP) is 1.57. The molecule has 0 spiro atoms. The lowest BCUT2D eigenvalue weighted by molar-refractivity contribution is 0.464. The summed E-state index contributed by atoms with van der Waals surface area (Å²) in [4.78, 5) is 4.53. The van der Waals surface area contributed by atoms with Crippen molar-refractivity contribution >= 4 is 32.6 Å². The number of halogens is 1. The first kappa shape index (κ1) is 13.9. The van der Waals surface area contributed by atoms with Crippen LogP contribution in [0, 0.1) is 6.92 Å². The summed E-state index contributed by atoms with van der Waals surface area (Å²) >= 11 is 5.99. The summed E-state index contributed by atoms with van der Waals surface area (Å²) in [7, 11) is -1.13. The van der Waals surface area contributed by atoms with Crippen LogP contribution in [0.3, 0.4) is 0 Å². The molecule has 1 saturated heterocycles. The number of sulfone groups is 1. The minimum atomic E-state index is -2.98. The van der Waals surface area contributed by atoms with E-state index in [0.717, 1.165) is 29.1 Å². The molecule has 0 amide bonds. The van der Waals surface area contributed by atoms with Crippen LogP contribution in [-0.4, -0.2) is 39.3 Å². The first-order valence-corrected chi connectivity index (χ1v) is 8.95. The first-order valence-electron chi connectivity index (χ1n) is 6.60. The van der Waals surface area contributed by atoms with Gasteiger partial charge in [-0.3, -0.25) is 4.68 Å². The standard InChI is InChI=1S/C12H17ClN4O2S/c1-8-11-12(16(2)15-8)17(10(6-13)14-11)9-4-3-5-20(18,19)7-9/h9H,3-7H2,1-2H3. The summed E-state index contributed by atoms with van der Waals surface area (Å²) < 4.78 is 27.5. The Bertz CT molecular complexity index is 762. The summed E-state index contributed by atoms with van der Waals surface area (Å²) in [6.45, 7) is 1.90. The number of hydrogen-bond donors (Lipinski definition) is 0. The quantitative estimate of drug-likeness (QED) is 0.789. The molecule has 2 aromatic heterocycles. The Hall–Kier alpha value is -1.08. The maximum Gasteiger partial charge on any atom is 0.158 e. The fourth-order valence-electron chi connectivity index (χ4n) is 3.02. The molecule has 0 aliphatic carbocycles. The van der Waals surface area contributed by atoms with Gasteiger partial charge in [0.15, 0.2) is 15.5 Å². The average molecular weight is 317 g/mol. The Labute approximate surface area is 122 Å². The molecule has 0 radical (unpaired) electrons. The summed E-state index contributed by atoms with van der Waals surface area (Å²) in [5.41, 5.74) is 2.51. The van der Waals surface area contributed by atoms with E-state index in [1.165, 1.54) is 0 Å². The highest BCUT2D eigenvalue weighted by molar-refractivity contribution is 7.91. The lowest BCUT2D eigenvalue weighted by Gasteiger charge is -2.25. The van der Waals surface area contributed by atoms with Crippen molar-refractivity contribution in [3.8, 4) is 0 Å².